The monoisotopic (exact) mass is 881 g/mol. The van der Waals surface area contributed by atoms with Gasteiger partial charge < -0.3 is 4.90 Å². The van der Waals surface area contributed by atoms with Crippen molar-refractivity contribution < 1.29 is 0 Å². The maximum absolute atomic E-state index is 2.42. The van der Waals surface area contributed by atoms with Crippen molar-refractivity contribution in [1.29, 1.82) is 0 Å². The lowest BCUT2D eigenvalue weighted by Crippen LogP contribution is -2.10. The molecule has 0 bridgehead atoms. The standard InChI is InChI=1S/C66H43NS/c1-3-17-46(18-4-1)64-60-28-10-9-26-57(60)58-39-36-51(43-62(58)65(64)47-19-5-2-6-20-47)49-22-13-24-54(41-49)67(53-37-34-45(35-38-53)50-33-32-44-16-7-8-21-48(44)40-50)55-25-14-23-52(42-55)56-29-15-30-61-59-27-11-12-31-63(59)68-66(56)61/h1-43H. The maximum atomic E-state index is 2.42. The summed E-state index contributed by atoms with van der Waals surface area (Å²) >= 11 is 1.88. The molecule has 0 fully saturated rings. The smallest absolute Gasteiger partial charge is 0.0467 e. The first-order valence-electron chi connectivity index (χ1n) is 23.3. The average Bonchev–Trinajstić information content (AvgIpc) is 3.80. The highest BCUT2D eigenvalue weighted by Gasteiger charge is 2.20. The lowest BCUT2D eigenvalue weighted by atomic mass is 9.84. The van der Waals surface area contributed by atoms with E-state index in [1.165, 1.54) is 103 Å². The Balaban J connectivity index is 0.979. The van der Waals surface area contributed by atoms with Crippen LogP contribution in [0.3, 0.4) is 0 Å². The molecule has 2 heteroatoms. The molecule has 0 saturated heterocycles. The second-order valence-corrected chi connectivity index (χ2v) is 18.7. The Hall–Kier alpha value is -8.56. The zero-order chi connectivity index (χ0) is 45.0. The van der Waals surface area contributed by atoms with Crippen LogP contribution >= 0.6 is 11.3 Å². The number of fused-ring (bicyclic) bond motifs is 7. The zero-order valence-electron chi connectivity index (χ0n) is 37.2. The molecule has 1 nitrogen and oxygen atoms in total. The summed E-state index contributed by atoms with van der Waals surface area (Å²) in [5.41, 5.74) is 15.4. The van der Waals surface area contributed by atoms with Gasteiger partial charge in [0.1, 0.15) is 0 Å². The van der Waals surface area contributed by atoms with Gasteiger partial charge in [-0.25, -0.2) is 0 Å². The van der Waals surface area contributed by atoms with Gasteiger partial charge in [-0.2, -0.15) is 0 Å². The number of benzene rings is 12. The van der Waals surface area contributed by atoms with Gasteiger partial charge in [0.05, 0.1) is 0 Å². The number of rotatable bonds is 8. The van der Waals surface area contributed by atoms with Crippen molar-refractivity contribution in [3.63, 3.8) is 0 Å². The molecule has 13 aromatic rings. The predicted octanol–water partition coefficient (Wildman–Crippen LogP) is 19.3. The molecule has 0 aliphatic carbocycles. The first-order chi connectivity index (χ1) is 33.7. The van der Waals surface area contributed by atoms with Crippen molar-refractivity contribution in [3.05, 3.63) is 261 Å². The average molecular weight is 882 g/mol. The molecule has 0 aliphatic heterocycles. The Labute approximate surface area is 400 Å². The Morgan fingerprint density at radius 2 is 0.765 bits per heavy atom. The van der Waals surface area contributed by atoms with Gasteiger partial charge in [-0.3, -0.25) is 0 Å². The third-order valence-electron chi connectivity index (χ3n) is 13.6. The van der Waals surface area contributed by atoms with E-state index in [-0.39, 0.29) is 0 Å². The first kappa shape index (κ1) is 39.8. The fraction of sp³-hybridized carbons (Fsp3) is 0. The van der Waals surface area contributed by atoms with Gasteiger partial charge >= 0.3 is 0 Å². The van der Waals surface area contributed by atoms with E-state index >= 15 is 0 Å². The molecule has 318 valence electrons. The molecule has 68 heavy (non-hydrogen) atoms. The number of thiophene rings is 1. The molecule has 1 aromatic heterocycles. The van der Waals surface area contributed by atoms with Gasteiger partial charge in [-0.15, -0.1) is 11.3 Å². The molecule has 0 saturated carbocycles. The molecule has 0 atom stereocenters. The van der Waals surface area contributed by atoms with Crippen molar-refractivity contribution >= 4 is 80.9 Å². The third kappa shape index (κ3) is 6.93. The summed E-state index contributed by atoms with van der Waals surface area (Å²) in [6, 6.07) is 95.8. The molecule has 12 aromatic carbocycles. The number of nitrogens with zero attached hydrogens (tertiary/aromatic N) is 1. The van der Waals surface area contributed by atoms with E-state index in [1.807, 2.05) is 11.3 Å². The molecular weight excluding hydrogens is 839 g/mol. The van der Waals surface area contributed by atoms with Crippen LogP contribution in [0.15, 0.2) is 261 Å². The minimum absolute atomic E-state index is 1.09. The van der Waals surface area contributed by atoms with Crippen LogP contribution in [0.1, 0.15) is 0 Å². The lowest BCUT2D eigenvalue weighted by Gasteiger charge is -2.27. The summed E-state index contributed by atoms with van der Waals surface area (Å²) in [4.78, 5) is 2.42. The summed E-state index contributed by atoms with van der Waals surface area (Å²) < 4.78 is 2.62. The highest BCUT2D eigenvalue weighted by atomic mass is 32.1. The summed E-state index contributed by atoms with van der Waals surface area (Å²) in [6.45, 7) is 0. The Bertz CT molecular complexity index is 4020. The number of anilines is 3. The second kappa shape index (κ2) is 16.7. The van der Waals surface area contributed by atoms with Crippen LogP contribution in [-0.2, 0) is 0 Å². The van der Waals surface area contributed by atoms with Crippen molar-refractivity contribution in [2.24, 2.45) is 0 Å². The van der Waals surface area contributed by atoms with Crippen molar-refractivity contribution in [2.75, 3.05) is 4.90 Å². The minimum Gasteiger partial charge on any atom is -0.310 e. The molecule has 0 spiro atoms. The highest BCUT2D eigenvalue weighted by molar-refractivity contribution is 7.26. The fourth-order valence-electron chi connectivity index (χ4n) is 10.4. The van der Waals surface area contributed by atoms with E-state index in [4.69, 9.17) is 0 Å². The van der Waals surface area contributed by atoms with E-state index < -0.39 is 0 Å². The predicted molar refractivity (Wildman–Crippen MR) is 294 cm³/mol. The molecule has 0 N–H and O–H groups in total. The van der Waals surface area contributed by atoms with Gasteiger partial charge in [0.2, 0.25) is 0 Å². The Kier molecular flexibility index (Phi) is 9.77. The Morgan fingerprint density at radius 3 is 1.53 bits per heavy atom. The van der Waals surface area contributed by atoms with Gasteiger partial charge in [0.15, 0.2) is 0 Å². The van der Waals surface area contributed by atoms with Gasteiger partial charge in [-0.1, -0.05) is 206 Å². The second-order valence-electron chi connectivity index (χ2n) is 17.6. The van der Waals surface area contributed by atoms with Crippen LogP contribution in [0.2, 0.25) is 0 Å². The van der Waals surface area contributed by atoms with Crippen LogP contribution in [0.25, 0.3) is 108 Å². The van der Waals surface area contributed by atoms with Gasteiger partial charge in [0.25, 0.3) is 0 Å². The first-order valence-corrected chi connectivity index (χ1v) is 24.1. The topological polar surface area (TPSA) is 3.24 Å². The van der Waals surface area contributed by atoms with Crippen LogP contribution in [0.4, 0.5) is 17.1 Å². The summed E-state index contributed by atoms with van der Waals surface area (Å²) in [5, 5.41) is 10.1. The number of hydrogen-bond donors (Lipinski definition) is 0. The number of hydrogen-bond acceptors (Lipinski definition) is 2. The van der Waals surface area contributed by atoms with Crippen LogP contribution < -0.4 is 4.90 Å². The van der Waals surface area contributed by atoms with Crippen molar-refractivity contribution in [1.82, 2.24) is 0 Å². The van der Waals surface area contributed by atoms with Crippen molar-refractivity contribution in [2.45, 2.75) is 0 Å². The largest absolute Gasteiger partial charge is 0.310 e. The maximum Gasteiger partial charge on any atom is 0.0467 e. The highest BCUT2D eigenvalue weighted by Crippen LogP contribution is 2.47. The summed E-state index contributed by atoms with van der Waals surface area (Å²) in [5.74, 6) is 0. The van der Waals surface area contributed by atoms with Gasteiger partial charge in [0, 0.05) is 37.2 Å². The molecule has 13 rings (SSSR count). The van der Waals surface area contributed by atoms with Crippen LogP contribution in [-0.4, -0.2) is 0 Å². The third-order valence-corrected chi connectivity index (χ3v) is 14.8. The van der Waals surface area contributed by atoms with E-state index in [2.05, 4.69) is 266 Å². The normalized spacial score (nSPS) is 11.5. The molecule has 0 radical (unpaired) electrons. The van der Waals surface area contributed by atoms with Gasteiger partial charge in [-0.05, 0) is 143 Å². The SMILES string of the molecule is c1ccc(-c2c(-c3ccccc3)c3cc(-c4cccc(N(c5ccc(-c6ccc7ccccc7c6)cc5)c5cccc(-c6cccc7c6sc6ccccc67)c5)c4)ccc3c3ccccc23)cc1. The minimum atomic E-state index is 1.09. The molecule has 1 heterocycles. The van der Waals surface area contributed by atoms with Crippen molar-refractivity contribution in [3.8, 4) is 55.6 Å². The van der Waals surface area contributed by atoms with Crippen LogP contribution in [0, 0.1) is 0 Å². The fourth-order valence-corrected chi connectivity index (χ4v) is 11.6. The van der Waals surface area contributed by atoms with Crippen LogP contribution in [0.5, 0.6) is 0 Å². The van der Waals surface area contributed by atoms with E-state index in [9.17, 15) is 0 Å². The van der Waals surface area contributed by atoms with E-state index in [0.29, 0.717) is 0 Å². The van der Waals surface area contributed by atoms with E-state index in [0.717, 1.165) is 22.6 Å². The zero-order valence-corrected chi connectivity index (χ0v) is 38.0. The summed E-state index contributed by atoms with van der Waals surface area (Å²) in [7, 11) is 0. The molecule has 0 aliphatic rings. The molecule has 0 amide bonds. The molecule has 0 unspecified atom stereocenters. The Morgan fingerprint density at radius 1 is 0.250 bits per heavy atom. The van der Waals surface area contributed by atoms with E-state index in [1.54, 1.807) is 0 Å². The lowest BCUT2D eigenvalue weighted by molar-refractivity contribution is 1.28. The summed E-state index contributed by atoms with van der Waals surface area (Å²) in [6.07, 6.45) is 0. The molecular formula is C66H43NS. The quantitative estimate of drug-likeness (QED) is 0.137.